The van der Waals surface area contributed by atoms with E-state index >= 15 is 0 Å². The van der Waals surface area contributed by atoms with Gasteiger partial charge in [0.1, 0.15) is 6.04 Å². The van der Waals surface area contributed by atoms with Crippen LogP contribution in [-0.2, 0) is 27.2 Å². The number of carbonyl (C=O) groups is 3. The molecule has 0 aromatic heterocycles. The quantitative estimate of drug-likeness (QED) is 0.332. The first-order chi connectivity index (χ1) is 12.3. The van der Waals surface area contributed by atoms with E-state index in [0.29, 0.717) is 18.4 Å². The second-order valence-corrected chi connectivity index (χ2v) is 5.60. The summed E-state index contributed by atoms with van der Waals surface area (Å²) in [5.74, 6) is -2.86. The van der Waals surface area contributed by atoms with Crippen LogP contribution >= 0.6 is 0 Å². The Morgan fingerprint density at radius 3 is 2.38 bits per heavy atom. The Bertz CT molecular complexity index is 712. The van der Waals surface area contributed by atoms with Crippen LogP contribution in [0, 0.1) is 0 Å². The molecule has 0 fully saturated rings. The van der Waals surface area contributed by atoms with E-state index in [9.17, 15) is 14.4 Å². The molecular weight excluding hydrogens is 336 g/mol. The third-order valence-electron chi connectivity index (χ3n) is 3.78. The van der Waals surface area contributed by atoms with Gasteiger partial charge in [-0.3, -0.25) is 4.79 Å². The lowest BCUT2D eigenvalue weighted by Gasteiger charge is -2.17. The molecule has 7 heteroatoms. The van der Waals surface area contributed by atoms with Crippen molar-refractivity contribution in [3.63, 3.8) is 0 Å². The fourth-order valence-electron chi connectivity index (χ4n) is 2.49. The molecule has 1 atom stereocenters. The number of benzene rings is 1. The van der Waals surface area contributed by atoms with Gasteiger partial charge in [-0.25, -0.2) is 9.59 Å². The lowest BCUT2D eigenvalue weighted by Crippen LogP contribution is -2.34. The predicted molar refractivity (Wildman–Crippen MR) is 99.1 cm³/mol. The van der Waals surface area contributed by atoms with Crippen LogP contribution in [0.2, 0.25) is 0 Å². The van der Waals surface area contributed by atoms with Crippen LogP contribution in [0.3, 0.4) is 0 Å². The number of carboxylic acids is 1. The van der Waals surface area contributed by atoms with Gasteiger partial charge in [-0.1, -0.05) is 12.2 Å². The summed E-state index contributed by atoms with van der Waals surface area (Å²) < 4.78 is 4.85. The second kappa shape index (κ2) is 10.1. The van der Waals surface area contributed by atoms with Gasteiger partial charge in [0.15, 0.2) is 0 Å². The molecule has 0 aliphatic heterocycles. The van der Waals surface area contributed by atoms with Crippen LogP contribution in [-0.4, -0.2) is 36.1 Å². The summed E-state index contributed by atoms with van der Waals surface area (Å²) >= 11 is 0. The van der Waals surface area contributed by atoms with E-state index in [2.05, 4.69) is 18.5 Å². The van der Waals surface area contributed by atoms with Gasteiger partial charge in [-0.2, -0.15) is 0 Å². The predicted octanol–water partition coefficient (Wildman–Crippen LogP) is 2.06. The number of hydrogen-bond acceptors (Lipinski definition) is 6. The largest absolute Gasteiger partial charge is 0.481 e. The fourth-order valence-corrected chi connectivity index (χ4v) is 2.49. The van der Waals surface area contributed by atoms with Gasteiger partial charge in [0.2, 0.25) is 0 Å². The van der Waals surface area contributed by atoms with Gasteiger partial charge in [-0.05, 0) is 42.5 Å². The van der Waals surface area contributed by atoms with Gasteiger partial charge >= 0.3 is 17.9 Å². The van der Waals surface area contributed by atoms with Crippen LogP contribution in [0.4, 0.5) is 5.69 Å². The molecule has 0 heterocycles. The second-order valence-electron chi connectivity index (χ2n) is 5.60. The zero-order valence-electron chi connectivity index (χ0n) is 14.8. The molecule has 4 N–H and O–H groups in total. The lowest BCUT2D eigenvalue weighted by atomic mass is 9.94. The van der Waals surface area contributed by atoms with Crippen LogP contribution in [0.1, 0.15) is 34.3 Å². The van der Waals surface area contributed by atoms with E-state index in [4.69, 9.17) is 15.6 Å². The van der Waals surface area contributed by atoms with Gasteiger partial charge in [0.25, 0.3) is 0 Å². The molecule has 0 aliphatic rings. The zero-order valence-corrected chi connectivity index (χ0v) is 14.8. The Morgan fingerprint density at radius 1 is 1.23 bits per heavy atom. The highest BCUT2D eigenvalue weighted by atomic mass is 16.6. The van der Waals surface area contributed by atoms with Crippen molar-refractivity contribution in [2.45, 2.75) is 31.7 Å². The number of esters is 2. The molecule has 0 aliphatic carbocycles. The molecule has 1 aromatic rings. The summed E-state index contributed by atoms with van der Waals surface area (Å²) in [4.78, 5) is 34.9. The van der Waals surface area contributed by atoms with Crippen molar-refractivity contribution < 1.29 is 24.2 Å². The van der Waals surface area contributed by atoms with E-state index in [-0.39, 0.29) is 18.4 Å². The van der Waals surface area contributed by atoms with E-state index in [1.807, 2.05) is 0 Å². The molecule has 0 saturated carbocycles. The number of anilines is 1. The third kappa shape index (κ3) is 5.56. The number of nitrogens with two attached hydrogens (primary N) is 1. The van der Waals surface area contributed by atoms with Gasteiger partial charge in [0.05, 0.1) is 5.56 Å². The fraction of sp³-hybridized carbons (Fsp3) is 0.316. The van der Waals surface area contributed by atoms with Crippen LogP contribution in [0.5, 0.6) is 0 Å². The van der Waals surface area contributed by atoms with Crippen LogP contribution < -0.4 is 11.1 Å². The summed E-state index contributed by atoms with van der Waals surface area (Å²) in [6.07, 6.45) is 3.90. The van der Waals surface area contributed by atoms with E-state index < -0.39 is 23.9 Å². The van der Waals surface area contributed by atoms with Crippen molar-refractivity contribution in [3.8, 4) is 0 Å². The van der Waals surface area contributed by atoms with Gasteiger partial charge in [0, 0.05) is 19.2 Å². The minimum Gasteiger partial charge on any atom is -0.481 e. The number of hydrogen-bond donors (Lipinski definition) is 3. The molecule has 1 aromatic carbocycles. The van der Waals surface area contributed by atoms with Gasteiger partial charge in [-0.15, -0.1) is 13.2 Å². The van der Waals surface area contributed by atoms with Crippen LogP contribution in [0.15, 0.2) is 37.4 Å². The Labute approximate surface area is 152 Å². The summed E-state index contributed by atoms with van der Waals surface area (Å²) in [7, 11) is 1.77. The molecule has 7 nitrogen and oxygen atoms in total. The van der Waals surface area contributed by atoms with Crippen LogP contribution in [0.25, 0.3) is 0 Å². The molecule has 140 valence electrons. The monoisotopic (exact) mass is 360 g/mol. The normalized spacial score (nSPS) is 11.3. The van der Waals surface area contributed by atoms with E-state index in [1.54, 1.807) is 31.3 Å². The zero-order chi connectivity index (χ0) is 19.7. The van der Waals surface area contributed by atoms with Crippen molar-refractivity contribution in [1.82, 2.24) is 0 Å². The number of nitrogens with one attached hydrogen (secondary N) is 1. The summed E-state index contributed by atoms with van der Waals surface area (Å²) in [6, 6.07) is 2.11. The molecular formula is C19H24N2O5. The highest BCUT2D eigenvalue weighted by molar-refractivity contribution is 6.00. The number of carboxylic acid groups (broad SMARTS) is 1. The first-order valence-electron chi connectivity index (χ1n) is 8.13. The first kappa shape index (κ1) is 21.1. The maximum absolute atomic E-state index is 12.5. The molecule has 0 saturated heterocycles. The Kier molecular flexibility index (Phi) is 8.24. The third-order valence-corrected chi connectivity index (χ3v) is 3.78. The smallest absolute Gasteiger partial charge is 0.346 e. The van der Waals surface area contributed by atoms with Crippen molar-refractivity contribution in [1.29, 1.82) is 0 Å². The first-order valence-corrected chi connectivity index (χ1v) is 8.13. The van der Waals surface area contributed by atoms with Crippen molar-refractivity contribution in [2.24, 2.45) is 5.73 Å². The Morgan fingerprint density at radius 2 is 1.85 bits per heavy atom. The number of ether oxygens (including phenoxy) is 1. The molecule has 1 rings (SSSR count). The number of rotatable bonds is 10. The van der Waals surface area contributed by atoms with Crippen molar-refractivity contribution in [3.05, 3.63) is 54.1 Å². The highest BCUT2D eigenvalue weighted by Crippen LogP contribution is 2.26. The summed E-state index contributed by atoms with van der Waals surface area (Å²) in [5, 5.41) is 11.7. The number of carbonyl (C=O) groups excluding carboxylic acids is 2. The minimum atomic E-state index is -1.18. The molecule has 0 bridgehead atoms. The van der Waals surface area contributed by atoms with Gasteiger partial charge < -0.3 is 20.9 Å². The maximum atomic E-state index is 12.5. The topological polar surface area (TPSA) is 119 Å². The van der Waals surface area contributed by atoms with Crippen molar-refractivity contribution >= 4 is 23.6 Å². The Balaban J connectivity index is 3.09. The average molecular weight is 360 g/mol. The van der Waals surface area contributed by atoms with E-state index in [0.717, 1.165) is 11.3 Å². The summed E-state index contributed by atoms with van der Waals surface area (Å²) in [6.45, 7) is 7.43. The number of allylic oxidation sites excluding steroid dienone is 2. The van der Waals surface area contributed by atoms with E-state index in [1.165, 1.54) is 0 Å². The summed E-state index contributed by atoms with van der Waals surface area (Å²) in [5.41, 5.74) is 8.20. The van der Waals surface area contributed by atoms with Crippen molar-refractivity contribution in [2.75, 3.05) is 12.4 Å². The Hall–Kier alpha value is -2.93. The molecule has 0 amide bonds. The number of aliphatic carboxylic acids is 1. The molecule has 26 heavy (non-hydrogen) atoms. The molecule has 0 spiro atoms. The minimum absolute atomic E-state index is 0.110. The maximum Gasteiger partial charge on any atom is 0.346 e. The highest BCUT2D eigenvalue weighted by Gasteiger charge is 2.23. The molecule has 0 radical (unpaired) electrons. The lowest BCUT2D eigenvalue weighted by molar-refractivity contribution is -0.140. The standard InChI is InChI=1S/C19H24N2O5/c1-4-6-12-13(7-5-2)16(21-3)10-8-14(12)18(24)26-19(25)15(20)9-11-17(22)23/h4-5,8,10,15,21H,1-2,6-7,9,11,20H2,3H3,(H,22,23)/t15-/m0/s1. The average Bonchev–Trinajstić information content (AvgIpc) is 2.60. The molecule has 0 unspecified atom stereocenters. The SMILES string of the molecule is C=CCc1c(NC)ccc(C(=O)OC(=O)[C@@H](N)CCC(=O)O)c1CC=C.